The minimum absolute atomic E-state index is 0.0689. The van der Waals surface area contributed by atoms with Crippen molar-refractivity contribution in [1.29, 1.82) is 0 Å². The van der Waals surface area contributed by atoms with Crippen LogP contribution in [0.4, 0.5) is 4.79 Å². The van der Waals surface area contributed by atoms with Crippen molar-refractivity contribution in [1.82, 2.24) is 15.1 Å². The number of ether oxygens (including phenoxy) is 1. The van der Waals surface area contributed by atoms with Gasteiger partial charge in [-0.3, -0.25) is 14.6 Å². The average molecular weight is 454 g/mol. The third-order valence-corrected chi connectivity index (χ3v) is 7.27. The van der Waals surface area contributed by atoms with Gasteiger partial charge in [-0.05, 0) is 74.5 Å². The zero-order valence-corrected chi connectivity index (χ0v) is 19.9. The molecular formula is C26H35N3O4. The Kier molecular flexibility index (Phi) is 7.08. The molecule has 0 spiro atoms. The molecule has 0 radical (unpaired) electrons. The zero-order valence-electron chi connectivity index (χ0n) is 19.9. The predicted octanol–water partition coefficient (Wildman–Crippen LogP) is 4.01. The lowest BCUT2D eigenvalue weighted by Crippen LogP contribution is -2.55. The Morgan fingerprint density at radius 1 is 1.06 bits per heavy atom. The quantitative estimate of drug-likeness (QED) is 0.581. The highest BCUT2D eigenvalue weighted by Crippen LogP contribution is 2.36. The van der Waals surface area contributed by atoms with Gasteiger partial charge in [-0.1, -0.05) is 26.0 Å². The number of amides is 3. The van der Waals surface area contributed by atoms with Crippen molar-refractivity contribution in [2.75, 3.05) is 26.7 Å². The van der Waals surface area contributed by atoms with E-state index in [0.717, 1.165) is 61.7 Å². The summed E-state index contributed by atoms with van der Waals surface area (Å²) in [5.41, 5.74) is 0.284. The van der Waals surface area contributed by atoms with Crippen molar-refractivity contribution < 1.29 is 18.7 Å². The molecule has 1 N–H and O–H groups in total. The Bertz CT molecular complexity index is 962. The summed E-state index contributed by atoms with van der Waals surface area (Å²) < 4.78 is 11.1. The molecule has 7 heteroatoms. The lowest BCUT2D eigenvalue weighted by atomic mass is 9.75. The van der Waals surface area contributed by atoms with Gasteiger partial charge in [0.15, 0.2) is 0 Å². The molecule has 7 nitrogen and oxygen atoms in total. The van der Waals surface area contributed by atoms with Crippen LogP contribution in [-0.4, -0.2) is 54.0 Å². The van der Waals surface area contributed by atoms with E-state index in [0.29, 0.717) is 19.4 Å². The summed E-state index contributed by atoms with van der Waals surface area (Å²) in [5, 5.41) is 3.10. The van der Waals surface area contributed by atoms with Crippen molar-refractivity contribution in [2.24, 2.45) is 5.92 Å². The van der Waals surface area contributed by atoms with E-state index in [9.17, 15) is 9.59 Å². The summed E-state index contributed by atoms with van der Waals surface area (Å²) >= 11 is 0. The van der Waals surface area contributed by atoms with Crippen LogP contribution in [0, 0.1) is 5.92 Å². The van der Waals surface area contributed by atoms with Crippen molar-refractivity contribution >= 4 is 11.9 Å². The molecule has 178 valence electrons. The number of hydrogen-bond donors (Lipinski definition) is 1. The molecule has 2 fully saturated rings. The van der Waals surface area contributed by atoms with E-state index in [-0.39, 0.29) is 17.9 Å². The van der Waals surface area contributed by atoms with Crippen molar-refractivity contribution in [2.45, 2.75) is 58.0 Å². The summed E-state index contributed by atoms with van der Waals surface area (Å²) in [7, 11) is 1.64. The predicted molar refractivity (Wildman–Crippen MR) is 126 cm³/mol. The Morgan fingerprint density at radius 2 is 1.76 bits per heavy atom. The molecule has 0 unspecified atom stereocenters. The molecule has 3 heterocycles. The first-order valence-corrected chi connectivity index (χ1v) is 12.1. The number of benzene rings is 1. The number of aryl methyl sites for hydroxylation is 1. The van der Waals surface area contributed by atoms with E-state index in [1.165, 1.54) is 4.90 Å². The number of urea groups is 1. The smallest absolute Gasteiger partial charge is 0.325 e. The van der Waals surface area contributed by atoms with Crippen LogP contribution in [0.5, 0.6) is 5.75 Å². The molecule has 33 heavy (non-hydrogen) atoms. The number of imide groups is 1. The summed E-state index contributed by atoms with van der Waals surface area (Å²) in [6.45, 7) is 7.06. The van der Waals surface area contributed by atoms with E-state index < -0.39 is 5.54 Å². The van der Waals surface area contributed by atoms with Crippen LogP contribution >= 0.6 is 0 Å². The Hall–Kier alpha value is -2.80. The zero-order chi connectivity index (χ0) is 23.4. The molecule has 2 aliphatic heterocycles. The Balaban J connectivity index is 1.36. The number of piperidine rings is 1. The largest absolute Gasteiger partial charge is 0.497 e. The summed E-state index contributed by atoms with van der Waals surface area (Å²) in [6, 6.07) is 11.6. The van der Waals surface area contributed by atoms with E-state index in [1.54, 1.807) is 7.11 Å². The maximum atomic E-state index is 13.5. The molecule has 4 rings (SSSR count). The van der Waals surface area contributed by atoms with Crippen LogP contribution in [0.3, 0.4) is 0 Å². The van der Waals surface area contributed by atoms with E-state index in [4.69, 9.17) is 9.15 Å². The van der Waals surface area contributed by atoms with Gasteiger partial charge in [0.25, 0.3) is 5.91 Å². The van der Waals surface area contributed by atoms with Gasteiger partial charge < -0.3 is 14.5 Å². The molecule has 0 bridgehead atoms. The highest BCUT2D eigenvalue weighted by Gasteiger charge is 2.54. The summed E-state index contributed by atoms with van der Waals surface area (Å²) in [4.78, 5) is 30.1. The second-order valence-electron chi connectivity index (χ2n) is 9.08. The van der Waals surface area contributed by atoms with E-state index in [1.807, 2.05) is 37.3 Å². The third-order valence-electron chi connectivity index (χ3n) is 7.27. The van der Waals surface area contributed by atoms with Gasteiger partial charge in [-0.15, -0.1) is 0 Å². The fraction of sp³-hybridized carbons (Fsp3) is 0.538. The molecule has 1 aromatic heterocycles. The van der Waals surface area contributed by atoms with Gasteiger partial charge in [0.1, 0.15) is 22.8 Å². The van der Waals surface area contributed by atoms with Crippen LogP contribution in [0.25, 0.3) is 0 Å². The lowest BCUT2D eigenvalue weighted by molar-refractivity contribution is -0.134. The summed E-state index contributed by atoms with van der Waals surface area (Å²) in [6.07, 6.45) is 3.91. The number of methoxy groups -OCH3 is 1. The molecular weight excluding hydrogens is 418 g/mol. The molecule has 0 saturated carbocycles. The SMILES string of the molecule is CCc1ccc(CN2CCC([C@]3(CC)NC(=O)N(CCc4ccc(OC)cc4)C3=O)CC2)o1. The highest BCUT2D eigenvalue weighted by atomic mass is 16.5. The number of furan rings is 1. The monoisotopic (exact) mass is 453 g/mol. The van der Waals surface area contributed by atoms with Gasteiger partial charge in [-0.2, -0.15) is 0 Å². The maximum absolute atomic E-state index is 13.5. The Morgan fingerprint density at radius 3 is 2.36 bits per heavy atom. The highest BCUT2D eigenvalue weighted by molar-refractivity contribution is 6.07. The standard InChI is InChI=1S/C26H35N3O4/c1-4-21-10-11-23(33-21)18-28-15-13-20(14-16-28)26(5-2)24(30)29(25(31)27-26)17-12-19-6-8-22(32-3)9-7-19/h6-11,20H,4-5,12-18H2,1-3H3,(H,27,31)/t26-/m0/s1. The number of nitrogens with zero attached hydrogens (tertiary/aromatic N) is 2. The Labute approximate surface area is 196 Å². The number of hydrogen-bond acceptors (Lipinski definition) is 5. The third kappa shape index (κ3) is 4.78. The molecule has 1 atom stereocenters. The molecule has 2 aliphatic rings. The van der Waals surface area contributed by atoms with E-state index >= 15 is 0 Å². The maximum Gasteiger partial charge on any atom is 0.325 e. The fourth-order valence-electron chi connectivity index (χ4n) is 5.19. The van der Waals surface area contributed by atoms with Gasteiger partial charge in [-0.25, -0.2) is 4.79 Å². The fourth-order valence-corrected chi connectivity index (χ4v) is 5.19. The van der Waals surface area contributed by atoms with Crippen LogP contribution in [0.2, 0.25) is 0 Å². The number of carbonyl (C=O) groups excluding carboxylic acids is 2. The molecule has 2 saturated heterocycles. The minimum Gasteiger partial charge on any atom is -0.497 e. The van der Waals surface area contributed by atoms with Gasteiger partial charge in [0.05, 0.1) is 13.7 Å². The van der Waals surface area contributed by atoms with Crippen molar-refractivity contribution in [3.63, 3.8) is 0 Å². The minimum atomic E-state index is -0.789. The molecule has 0 aliphatic carbocycles. The van der Waals surface area contributed by atoms with Crippen LogP contribution in [0.1, 0.15) is 50.2 Å². The lowest BCUT2D eigenvalue weighted by Gasteiger charge is -2.40. The van der Waals surface area contributed by atoms with Gasteiger partial charge >= 0.3 is 6.03 Å². The van der Waals surface area contributed by atoms with Crippen LogP contribution in [0.15, 0.2) is 40.8 Å². The van der Waals surface area contributed by atoms with Crippen molar-refractivity contribution in [3.05, 3.63) is 53.5 Å². The van der Waals surface area contributed by atoms with Gasteiger partial charge in [0.2, 0.25) is 0 Å². The topological polar surface area (TPSA) is 75.0 Å². The number of likely N-dealkylation sites (tertiary alicyclic amines) is 1. The van der Waals surface area contributed by atoms with Crippen molar-refractivity contribution in [3.8, 4) is 5.75 Å². The molecule has 2 aromatic rings. The first-order chi connectivity index (χ1) is 16.0. The number of nitrogens with one attached hydrogen (secondary N) is 1. The van der Waals surface area contributed by atoms with E-state index in [2.05, 4.69) is 23.2 Å². The second kappa shape index (κ2) is 10.00. The summed E-state index contributed by atoms with van der Waals surface area (Å²) in [5.74, 6) is 2.87. The van der Waals surface area contributed by atoms with Crippen LogP contribution < -0.4 is 10.1 Å². The van der Waals surface area contributed by atoms with Crippen LogP contribution in [-0.2, 0) is 24.2 Å². The first-order valence-electron chi connectivity index (χ1n) is 12.1. The second-order valence-corrected chi connectivity index (χ2v) is 9.08. The van der Waals surface area contributed by atoms with Gasteiger partial charge in [0, 0.05) is 13.0 Å². The molecule has 3 amide bonds. The number of rotatable bonds is 9. The average Bonchev–Trinajstić information content (AvgIpc) is 3.40. The first kappa shape index (κ1) is 23.4. The number of carbonyl (C=O) groups is 2. The normalized spacial score (nSPS) is 22.1. The molecule has 1 aromatic carbocycles.